The van der Waals surface area contributed by atoms with Crippen molar-refractivity contribution in [2.45, 2.75) is 13.0 Å². The largest absolute Gasteiger partial charge is 0.378 e. The van der Waals surface area contributed by atoms with Gasteiger partial charge in [0.1, 0.15) is 0 Å². The van der Waals surface area contributed by atoms with Crippen LogP contribution in [0.1, 0.15) is 17.3 Å². The molecule has 2 heterocycles. The molecule has 2 rings (SSSR count). The lowest BCUT2D eigenvalue weighted by Gasteiger charge is -2.32. The Bertz CT molecular complexity index is 491. The molecule has 0 saturated carbocycles. The first-order valence-electron chi connectivity index (χ1n) is 5.20. The zero-order valence-corrected chi connectivity index (χ0v) is 9.37. The molecule has 2 N–H and O–H groups in total. The average molecular weight is 225 g/mol. The zero-order chi connectivity index (χ0) is 11.7. The summed E-state index contributed by atoms with van der Waals surface area (Å²) in [5, 5.41) is 0. The highest BCUT2D eigenvalue weighted by atomic mass is 16.5. The molecule has 1 saturated heterocycles. The summed E-state index contributed by atoms with van der Waals surface area (Å²) in [4.78, 5) is 29.7. The predicted molar refractivity (Wildman–Crippen MR) is 58.6 cm³/mol. The Morgan fingerprint density at radius 2 is 2.12 bits per heavy atom. The molecule has 1 fully saturated rings. The summed E-state index contributed by atoms with van der Waals surface area (Å²) in [5.74, 6) is 0. The second kappa shape index (κ2) is 4.23. The van der Waals surface area contributed by atoms with Gasteiger partial charge in [0, 0.05) is 12.2 Å². The molecule has 0 bridgehead atoms. The Labute approximate surface area is 92.3 Å². The van der Waals surface area contributed by atoms with E-state index >= 15 is 0 Å². The van der Waals surface area contributed by atoms with Crippen molar-refractivity contribution in [1.82, 2.24) is 14.9 Å². The van der Waals surface area contributed by atoms with E-state index in [1.165, 1.54) is 0 Å². The summed E-state index contributed by atoms with van der Waals surface area (Å²) in [7, 11) is 1.94. The Hall–Kier alpha value is -1.40. The van der Waals surface area contributed by atoms with Crippen molar-refractivity contribution in [3.05, 3.63) is 32.1 Å². The fourth-order valence-corrected chi connectivity index (χ4v) is 2.00. The number of morpholine rings is 1. The van der Waals surface area contributed by atoms with E-state index in [0.29, 0.717) is 24.5 Å². The highest BCUT2D eigenvalue weighted by Crippen LogP contribution is 2.20. The maximum absolute atomic E-state index is 11.7. The summed E-state index contributed by atoms with van der Waals surface area (Å²) >= 11 is 0. The minimum Gasteiger partial charge on any atom is -0.378 e. The normalized spacial score (nSPS) is 22.2. The minimum atomic E-state index is -0.467. The van der Waals surface area contributed by atoms with Crippen LogP contribution < -0.4 is 11.2 Å². The van der Waals surface area contributed by atoms with E-state index in [4.69, 9.17) is 4.74 Å². The van der Waals surface area contributed by atoms with E-state index < -0.39 is 5.69 Å². The predicted octanol–water partition coefficient (Wildman–Crippen LogP) is -0.625. The van der Waals surface area contributed by atoms with Crippen LogP contribution in [0.4, 0.5) is 0 Å². The third kappa shape index (κ3) is 1.94. The number of rotatable bonds is 1. The molecule has 0 aliphatic carbocycles. The average Bonchev–Trinajstić information content (AvgIpc) is 2.19. The zero-order valence-electron chi connectivity index (χ0n) is 9.37. The quantitative estimate of drug-likeness (QED) is 0.667. The number of aromatic amines is 2. The first-order chi connectivity index (χ1) is 7.59. The molecule has 16 heavy (non-hydrogen) atoms. The molecule has 1 atom stereocenters. The van der Waals surface area contributed by atoms with Gasteiger partial charge >= 0.3 is 5.69 Å². The molecule has 88 valence electrons. The van der Waals surface area contributed by atoms with Crippen LogP contribution in [0.25, 0.3) is 0 Å². The number of nitrogens with zero attached hydrogens (tertiary/aromatic N) is 1. The van der Waals surface area contributed by atoms with Crippen LogP contribution in [-0.2, 0) is 4.74 Å². The van der Waals surface area contributed by atoms with Crippen molar-refractivity contribution in [2.24, 2.45) is 0 Å². The minimum absolute atomic E-state index is 0.0886. The molecule has 6 heteroatoms. The van der Waals surface area contributed by atoms with Gasteiger partial charge in [0.2, 0.25) is 0 Å². The topological polar surface area (TPSA) is 78.2 Å². The van der Waals surface area contributed by atoms with Gasteiger partial charge in [-0.15, -0.1) is 0 Å². The highest BCUT2D eigenvalue weighted by Gasteiger charge is 2.25. The maximum Gasteiger partial charge on any atom is 0.325 e. The number of nitrogens with one attached hydrogen (secondary N) is 2. The van der Waals surface area contributed by atoms with Crippen molar-refractivity contribution in [3.8, 4) is 0 Å². The molecule has 0 amide bonds. The van der Waals surface area contributed by atoms with Crippen LogP contribution in [0.3, 0.4) is 0 Å². The van der Waals surface area contributed by atoms with Crippen LogP contribution in [0.15, 0.2) is 9.59 Å². The summed E-state index contributed by atoms with van der Waals surface area (Å²) in [5.41, 5.74) is 0.395. The van der Waals surface area contributed by atoms with Crippen LogP contribution in [0.2, 0.25) is 0 Å². The molecule has 1 unspecified atom stereocenters. The van der Waals surface area contributed by atoms with Crippen molar-refractivity contribution < 1.29 is 4.74 Å². The van der Waals surface area contributed by atoms with Crippen LogP contribution in [0, 0.1) is 6.92 Å². The van der Waals surface area contributed by atoms with Crippen molar-refractivity contribution in [3.63, 3.8) is 0 Å². The van der Waals surface area contributed by atoms with E-state index in [2.05, 4.69) is 14.9 Å². The highest BCUT2D eigenvalue weighted by molar-refractivity contribution is 5.19. The summed E-state index contributed by atoms with van der Waals surface area (Å²) in [6.45, 7) is 3.66. The van der Waals surface area contributed by atoms with E-state index in [0.717, 1.165) is 6.54 Å². The number of hydrogen-bond donors (Lipinski definition) is 2. The van der Waals surface area contributed by atoms with E-state index in [9.17, 15) is 9.59 Å². The summed E-state index contributed by atoms with van der Waals surface area (Å²) in [6, 6.07) is -0.0886. The molecule has 1 aromatic rings. The number of ether oxygens (including phenoxy) is 1. The number of likely N-dealkylation sites (N-methyl/N-ethyl adjacent to an activating group) is 1. The Morgan fingerprint density at radius 1 is 1.38 bits per heavy atom. The van der Waals surface area contributed by atoms with E-state index in [1.807, 2.05) is 7.05 Å². The first-order valence-corrected chi connectivity index (χ1v) is 5.20. The SMILES string of the molecule is Cc1[nH]c(=O)[nH]c(=O)c1C1COCCN1C. The third-order valence-corrected chi connectivity index (χ3v) is 2.91. The van der Waals surface area contributed by atoms with Crippen LogP contribution in [0.5, 0.6) is 0 Å². The molecule has 1 aliphatic rings. The molecular weight excluding hydrogens is 210 g/mol. The molecule has 0 spiro atoms. The number of H-pyrrole nitrogens is 2. The molecular formula is C10H15N3O3. The van der Waals surface area contributed by atoms with Gasteiger partial charge in [0.05, 0.1) is 24.8 Å². The van der Waals surface area contributed by atoms with E-state index in [1.54, 1.807) is 6.92 Å². The maximum atomic E-state index is 11.7. The van der Waals surface area contributed by atoms with E-state index in [-0.39, 0.29) is 11.6 Å². The molecule has 1 aromatic heterocycles. The Balaban J connectivity index is 2.47. The Morgan fingerprint density at radius 3 is 2.75 bits per heavy atom. The Kier molecular flexibility index (Phi) is 2.93. The van der Waals surface area contributed by atoms with Gasteiger partial charge in [0.15, 0.2) is 0 Å². The van der Waals surface area contributed by atoms with Crippen molar-refractivity contribution in [2.75, 3.05) is 26.8 Å². The number of aromatic nitrogens is 2. The van der Waals surface area contributed by atoms with Gasteiger partial charge < -0.3 is 9.72 Å². The van der Waals surface area contributed by atoms with Crippen molar-refractivity contribution in [1.29, 1.82) is 0 Å². The number of hydrogen-bond acceptors (Lipinski definition) is 4. The molecule has 6 nitrogen and oxygen atoms in total. The van der Waals surface area contributed by atoms with Gasteiger partial charge in [-0.2, -0.15) is 0 Å². The lowest BCUT2D eigenvalue weighted by molar-refractivity contribution is 0.00413. The monoisotopic (exact) mass is 225 g/mol. The molecule has 0 radical (unpaired) electrons. The lowest BCUT2D eigenvalue weighted by Crippen LogP contribution is -2.41. The van der Waals surface area contributed by atoms with Gasteiger partial charge in [-0.3, -0.25) is 14.7 Å². The fourth-order valence-electron chi connectivity index (χ4n) is 2.00. The fraction of sp³-hybridized carbons (Fsp3) is 0.600. The van der Waals surface area contributed by atoms with Gasteiger partial charge in [0.25, 0.3) is 5.56 Å². The number of aryl methyl sites for hydroxylation is 1. The lowest BCUT2D eigenvalue weighted by atomic mass is 10.1. The van der Waals surface area contributed by atoms with Crippen molar-refractivity contribution >= 4 is 0 Å². The second-order valence-electron chi connectivity index (χ2n) is 4.02. The third-order valence-electron chi connectivity index (χ3n) is 2.91. The van der Waals surface area contributed by atoms with Gasteiger partial charge in [-0.25, -0.2) is 4.79 Å². The van der Waals surface area contributed by atoms with Gasteiger partial charge in [-0.05, 0) is 14.0 Å². The second-order valence-corrected chi connectivity index (χ2v) is 4.02. The standard InChI is InChI=1S/C10H15N3O3/c1-6-8(9(14)12-10(15)11-6)7-5-16-4-3-13(7)2/h7H,3-5H2,1-2H3,(H2,11,12,14,15). The first kappa shape index (κ1) is 11.1. The van der Waals surface area contributed by atoms with Gasteiger partial charge in [-0.1, -0.05) is 0 Å². The molecule has 1 aliphatic heterocycles. The van der Waals surface area contributed by atoms with Crippen LogP contribution >= 0.6 is 0 Å². The van der Waals surface area contributed by atoms with Crippen LogP contribution in [-0.4, -0.2) is 41.7 Å². The summed E-state index contributed by atoms with van der Waals surface area (Å²) < 4.78 is 5.36. The smallest absolute Gasteiger partial charge is 0.325 e. The summed E-state index contributed by atoms with van der Waals surface area (Å²) in [6.07, 6.45) is 0. The molecule has 0 aromatic carbocycles.